The predicted octanol–water partition coefficient (Wildman–Crippen LogP) is 3.00. The molecular formula is C19H24N4O2. The Balaban J connectivity index is 1.67. The Morgan fingerprint density at radius 1 is 1.28 bits per heavy atom. The van der Waals surface area contributed by atoms with E-state index in [0.29, 0.717) is 23.9 Å². The molecule has 3 rings (SSSR count). The van der Waals surface area contributed by atoms with Gasteiger partial charge in [-0.25, -0.2) is 9.97 Å². The Morgan fingerprint density at radius 3 is 2.76 bits per heavy atom. The van der Waals surface area contributed by atoms with E-state index in [2.05, 4.69) is 39.7 Å². The standard InChI is InChI=1S/C19H24N4O2/c1-3-14-6-8-15(9-7-14)23-18-11-17(21-13(2)22-18)19(24)20-12-16-5-4-10-25-16/h6-9,11,16H,3-5,10,12H2,1-2H3,(H,20,24)(H,21,22,23). The normalized spacial score (nSPS) is 16.6. The fourth-order valence-corrected chi connectivity index (χ4v) is 2.82. The van der Waals surface area contributed by atoms with Crippen LogP contribution in [0.25, 0.3) is 0 Å². The lowest BCUT2D eigenvalue weighted by atomic mass is 10.1. The maximum absolute atomic E-state index is 12.4. The highest BCUT2D eigenvalue weighted by Gasteiger charge is 2.17. The van der Waals surface area contributed by atoms with Gasteiger partial charge in [-0.15, -0.1) is 0 Å². The van der Waals surface area contributed by atoms with Crippen molar-refractivity contribution in [2.45, 2.75) is 39.2 Å². The van der Waals surface area contributed by atoms with Crippen molar-refractivity contribution >= 4 is 17.4 Å². The molecular weight excluding hydrogens is 316 g/mol. The smallest absolute Gasteiger partial charge is 0.270 e. The van der Waals surface area contributed by atoms with Gasteiger partial charge in [0.2, 0.25) is 0 Å². The van der Waals surface area contributed by atoms with Crippen molar-refractivity contribution < 1.29 is 9.53 Å². The number of carbonyl (C=O) groups excluding carboxylic acids is 1. The van der Waals surface area contributed by atoms with Gasteiger partial charge in [-0.05, 0) is 43.9 Å². The summed E-state index contributed by atoms with van der Waals surface area (Å²) in [6, 6.07) is 9.84. The van der Waals surface area contributed by atoms with E-state index in [1.165, 1.54) is 5.56 Å². The number of rotatable bonds is 6. The largest absolute Gasteiger partial charge is 0.376 e. The minimum Gasteiger partial charge on any atom is -0.376 e. The summed E-state index contributed by atoms with van der Waals surface area (Å²) in [5.74, 6) is 0.960. The van der Waals surface area contributed by atoms with E-state index >= 15 is 0 Å². The zero-order valence-electron chi connectivity index (χ0n) is 14.7. The molecule has 1 saturated heterocycles. The molecule has 1 atom stereocenters. The number of benzene rings is 1. The van der Waals surface area contributed by atoms with Crippen LogP contribution >= 0.6 is 0 Å². The molecule has 1 aromatic heterocycles. The highest BCUT2D eigenvalue weighted by atomic mass is 16.5. The summed E-state index contributed by atoms with van der Waals surface area (Å²) in [5, 5.41) is 6.13. The second-order valence-corrected chi connectivity index (χ2v) is 6.21. The van der Waals surface area contributed by atoms with Gasteiger partial charge >= 0.3 is 0 Å². The monoisotopic (exact) mass is 340 g/mol. The Labute approximate surface area is 148 Å². The molecule has 6 nitrogen and oxygen atoms in total. The first-order chi connectivity index (χ1) is 12.1. The molecule has 1 fully saturated rings. The lowest BCUT2D eigenvalue weighted by Crippen LogP contribution is -2.32. The van der Waals surface area contributed by atoms with Crippen LogP contribution in [0, 0.1) is 6.92 Å². The number of hydrogen-bond donors (Lipinski definition) is 2. The van der Waals surface area contributed by atoms with Crippen LogP contribution in [0.2, 0.25) is 0 Å². The average molecular weight is 340 g/mol. The molecule has 2 heterocycles. The number of carbonyl (C=O) groups is 1. The summed E-state index contributed by atoms with van der Waals surface area (Å²) in [7, 11) is 0. The molecule has 0 aliphatic carbocycles. The average Bonchev–Trinajstić information content (AvgIpc) is 3.13. The van der Waals surface area contributed by atoms with Crippen LogP contribution in [0.1, 0.15) is 41.6 Å². The third-order valence-electron chi connectivity index (χ3n) is 4.22. The van der Waals surface area contributed by atoms with Gasteiger partial charge in [-0.3, -0.25) is 4.79 Å². The predicted molar refractivity (Wildman–Crippen MR) is 97.2 cm³/mol. The maximum atomic E-state index is 12.4. The molecule has 0 radical (unpaired) electrons. The third-order valence-corrected chi connectivity index (χ3v) is 4.22. The third kappa shape index (κ3) is 4.76. The number of hydrogen-bond acceptors (Lipinski definition) is 5. The van der Waals surface area contributed by atoms with Crippen LogP contribution in [0.3, 0.4) is 0 Å². The molecule has 0 spiro atoms. The summed E-state index contributed by atoms with van der Waals surface area (Å²) in [6.45, 7) is 5.20. The van der Waals surface area contributed by atoms with Crippen molar-refractivity contribution in [3.05, 3.63) is 47.4 Å². The number of aromatic nitrogens is 2. The fourth-order valence-electron chi connectivity index (χ4n) is 2.82. The minimum atomic E-state index is -0.203. The van der Waals surface area contributed by atoms with E-state index in [1.807, 2.05) is 12.1 Å². The van der Waals surface area contributed by atoms with E-state index in [4.69, 9.17) is 4.74 Å². The van der Waals surface area contributed by atoms with Gasteiger partial charge in [0.05, 0.1) is 6.10 Å². The minimum absolute atomic E-state index is 0.113. The van der Waals surface area contributed by atoms with E-state index in [1.54, 1.807) is 13.0 Å². The first-order valence-electron chi connectivity index (χ1n) is 8.75. The van der Waals surface area contributed by atoms with E-state index in [9.17, 15) is 4.79 Å². The highest BCUT2D eigenvalue weighted by Crippen LogP contribution is 2.17. The fraction of sp³-hybridized carbons (Fsp3) is 0.421. The van der Waals surface area contributed by atoms with Crippen molar-refractivity contribution in [3.8, 4) is 0 Å². The molecule has 0 saturated carbocycles. The van der Waals surface area contributed by atoms with Crippen molar-refractivity contribution in [3.63, 3.8) is 0 Å². The Bertz CT molecular complexity index is 725. The zero-order chi connectivity index (χ0) is 17.6. The highest BCUT2D eigenvalue weighted by molar-refractivity contribution is 5.93. The Kier molecular flexibility index (Phi) is 5.60. The Hall–Kier alpha value is -2.47. The molecule has 25 heavy (non-hydrogen) atoms. The molecule has 6 heteroatoms. The van der Waals surface area contributed by atoms with Gasteiger partial charge in [0.15, 0.2) is 0 Å². The van der Waals surface area contributed by atoms with Gasteiger partial charge in [0.25, 0.3) is 5.91 Å². The Morgan fingerprint density at radius 2 is 2.08 bits per heavy atom. The second-order valence-electron chi connectivity index (χ2n) is 6.21. The van der Waals surface area contributed by atoms with Crippen LogP contribution in [0.5, 0.6) is 0 Å². The lowest BCUT2D eigenvalue weighted by Gasteiger charge is -2.12. The van der Waals surface area contributed by atoms with E-state index in [-0.39, 0.29) is 12.0 Å². The molecule has 132 valence electrons. The summed E-state index contributed by atoms with van der Waals surface area (Å²) < 4.78 is 5.52. The molecule has 1 amide bonds. The quantitative estimate of drug-likeness (QED) is 0.845. The zero-order valence-corrected chi connectivity index (χ0v) is 14.7. The number of ether oxygens (including phenoxy) is 1. The van der Waals surface area contributed by atoms with Crippen LogP contribution < -0.4 is 10.6 Å². The molecule has 2 aromatic rings. The summed E-state index contributed by atoms with van der Waals surface area (Å²) in [4.78, 5) is 21.0. The second kappa shape index (κ2) is 8.07. The molecule has 0 bridgehead atoms. The topological polar surface area (TPSA) is 76.1 Å². The number of nitrogens with one attached hydrogen (secondary N) is 2. The molecule has 2 N–H and O–H groups in total. The first-order valence-corrected chi connectivity index (χ1v) is 8.75. The van der Waals surface area contributed by atoms with E-state index in [0.717, 1.165) is 31.6 Å². The number of nitrogens with zero attached hydrogens (tertiary/aromatic N) is 2. The molecule has 1 unspecified atom stereocenters. The van der Waals surface area contributed by atoms with Gasteiger partial charge < -0.3 is 15.4 Å². The van der Waals surface area contributed by atoms with Crippen LogP contribution in [0.4, 0.5) is 11.5 Å². The van der Waals surface area contributed by atoms with Crippen molar-refractivity contribution in [2.24, 2.45) is 0 Å². The number of aryl methyl sites for hydroxylation is 2. The number of amides is 1. The van der Waals surface area contributed by atoms with Crippen LogP contribution in [0.15, 0.2) is 30.3 Å². The van der Waals surface area contributed by atoms with Gasteiger partial charge in [0.1, 0.15) is 17.3 Å². The molecule has 1 aliphatic rings. The van der Waals surface area contributed by atoms with Gasteiger partial charge in [0, 0.05) is 24.9 Å². The van der Waals surface area contributed by atoms with Crippen LogP contribution in [-0.4, -0.2) is 35.1 Å². The van der Waals surface area contributed by atoms with Crippen molar-refractivity contribution in [1.29, 1.82) is 0 Å². The maximum Gasteiger partial charge on any atom is 0.270 e. The van der Waals surface area contributed by atoms with E-state index < -0.39 is 0 Å². The summed E-state index contributed by atoms with van der Waals surface area (Å²) in [5.41, 5.74) is 2.57. The van der Waals surface area contributed by atoms with Crippen LogP contribution in [-0.2, 0) is 11.2 Å². The number of anilines is 2. The molecule has 1 aliphatic heterocycles. The summed E-state index contributed by atoms with van der Waals surface area (Å²) in [6.07, 6.45) is 3.16. The lowest BCUT2D eigenvalue weighted by molar-refractivity contribution is 0.0853. The first kappa shape index (κ1) is 17.4. The summed E-state index contributed by atoms with van der Waals surface area (Å²) >= 11 is 0. The van der Waals surface area contributed by atoms with Crippen molar-refractivity contribution in [2.75, 3.05) is 18.5 Å². The SMILES string of the molecule is CCc1ccc(Nc2cc(C(=O)NCC3CCCO3)nc(C)n2)cc1. The van der Waals surface area contributed by atoms with Gasteiger partial charge in [-0.2, -0.15) is 0 Å². The molecule has 1 aromatic carbocycles. The van der Waals surface area contributed by atoms with Crippen molar-refractivity contribution in [1.82, 2.24) is 15.3 Å². The van der Waals surface area contributed by atoms with Gasteiger partial charge in [-0.1, -0.05) is 19.1 Å².